The highest BCUT2D eigenvalue weighted by atomic mass is 32.2. The summed E-state index contributed by atoms with van der Waals surface area (Å²) in [6.45, 7) is 5.95. The number of hydrogen-bond donors (Lipinski definition) is 1. The first-order chi connectivity index (χ1) is 24.2. The molecule has 0 radical (unpaired) electrons. The molecule has 1 amide bonds. The van der Waals surface area contributed by atoms with Crippen molar-refractivity contribution in [2.75, 3.05) is 42.1 Å². The van der Waals surface area contributed by atoms with Gasteiger partial charge in [0.2, 0.25) is 5.91 Å². The summed E-state index contributed by atoms with van der Waals surface area (Å²) in [6.07, 6.45) is 4.61. The SMILES string of the molecule is CCC(=O)N(c1ccccc1)C1CCN(CCc2ccccc2NCCCSC(c2ccccc2)(c2ccccc2)c2ccccc2)CC1. The second kappa shape index (κ2) is 17.4. The van der Waals surface area contributed by atoms with Gasteiger partial charge in [0.25, 0.3) is 0 Å². The van der Waals surface area contributed by atoms with Gasteiger partial charge in [-0.3, -0.25) is 4.79 Å². The van der Waals surface area contributed by atoms with E-state index in [0.29, 0.717) is 6.42 Å². The molecule has 0 saturated carbocycles. The van der Waals surface area contributed by atoms with E-state index in [-0.39, 0.29) is 16.7 Å². The van der Waals surface area contributed by atoms with Gasteiger partial charge in [0.15, 0.2) is 0 Å². The van der Waals surface area contributed by atoms with Crippen LogP contribution in [-0.2, 0) is 16.0 Å². The van der Waals surface area contributed by atoms with E-state index in [4.69, 9.17) is 0 Å². The van der Waals surface area contributed by atoms with Crippen molar-refractivity contribution in [3.63, 3.8) is 0 Å². The van der Waals surface area contributed by atoms with Crippen LogP contribution in [-0.4, -0.2) is 48.8 Å². The average Bonchev–Trinajstić information content (AvgIpc) is 3.18. The number of anilines is 2. The molecule has 1 fully saturated rings. The molecule has 49 heavy (non-hydrogen) atoms. The number of nitrogens with one attached hydrogen (secondary N) is 1. The topological polar surface area (TPSA) is 35.6 Å². The normalized spacial score (nSPS) is 14.0. The zero-order valence-corrected chi connectivity index (χ0v) is 29.5. The van der Waals surface area contributed by atoms with E-state index in [0.717, 1.165) is 63.3 Å². The Bertz CT molecular complexity index is 1610. The molecule has 5 heteroatoms. The fourth-order valence-electron chi connectivity index (χ4n) is 7.20. The Kier molecular flexibility index (Phi) is 12.2. The molecule has 1 heterocycles. The number of carbonyl (C=O) groups is 1. The molecule has 1 aliphatic heterocycles. The van der Waals surface area contributed by atoms with Crippen molar-refractivity contribution in [2.24, 2.45) is 0 Å². The van der Waals surface area contributed by atoms with Crippen LogP contribution in [0.4, 0.5) is 11.4 Å². The number of likely N-dealkylation sites (tertiary alicyclic amines) is 1. The van der Waals surface area contributed by atoms with Crippen molar-refractivity contribution in [1.29, 1.82) is 0 Å². The van der Waals surface area contributed by atoms with Gasteiger partial charge >= 0.3 is 0 Å². The molecule has 0 bridgehead atoms. The molecular formula is C44H49N3OS. The summed E-state index contributed by atoms with van der Waals surface area (Å²) in [4.78, 5) is 17.5. The summed E-state index contributed by atoms with van der Waals surface area (Å²) in [7, 11) is 0. The molecule has 252 valence electrons. The predicted octanol–water partition coefficient (Wildman–Crippen LogP) is 9.66. The number of carbonyl (C=O) groups excluding carboxylic acids is 1. The van der Waals surface area contributed by atoms with Crippen molar-refractivity contribution >= 4 is 29.0 Å². The van der Waals surface area contributed by atoms with Gasteiger partial charge in [-0.25, -0.2) is 0 Å². The third-order valence-electron chi connectivity index (χ3n) is 9.74. The Morgan fingerprint density at radius 3 is 1.80 bits per heavy atom. The summed E-state index contributed by atoms with van der Waals surface area (Å²) >= 11 is 2.03. The van der Waals surface area contributed by atoms with E-state index in [1.165, 1.54) is 27.9 Å². The van der Waals surface area contributed by atoms with E-state index >= 15 is 0 Å². The highest BCUT2D eigenvalue weighted by molar-refractivity contribution is 8.00. The van der Waals surface area contributed by atoms with Gasteiger partial charge < -0.3 is 15.1 Å². The molecule has 0 spiro atoms. The molecule has 0 atom stereocenters. The number of hydrogen-bond acceptors (Lipinski definition) is 4. The van der Waals surface area contributed by atoms with E-state index < -0.39 is 0 Å². The average molecular weight is 668 g/mol. The predicted molar refractivity (Wildman–Crippen MR) is 209 cm³/mol. The second-order valence-corrected chi connectivity index (χ2v) is 14.2. The van der Waals surface area contributed by atoms with Crippen LogP contribution in [0.3, 0.4) is 0 Å². The minimum absolute atomic E-state index is 0.217. The van der Waals surface area contributed by atoms with E-state index in [9.17, 15) is 4.79 Å². The molecule has 4 nitrogen and oxygen atoms in total. The number of piperidine rings is 1. The second-order valence-electron chi connectivity index (χ2n) is 12.8. The summed E-state index contributed by atoms with van der Waals surface area (Å²) in [5.41, 5.74) is 7.57. The summed E-state index contributed by atoms with van der Waals surface area (Å²) in [6, 6.07) is 52.1. The van der Waals surface area contributed by atoms with Crippen molar-refractivity contribution in [3.05, 3.63) is 168 Å². The number of amides is 1. The van der Waals surface area contributed by atoms with Crippen LogP contribution < -0.4 is 10.2 Å². The van der Waals surface area contributed by atoms with Crippen LogP contribution in [0.1, 0.15) is 54.9 Å². The molecular weight excluding hydrogens is 619 g/mol. The number of thioether (sulfide) groups is 1. The maximum Gasteiger partial charge on any atom is 0.226 e. The molecule has 0 aliphatic carbocycles. The van der Waals surface area contributed by atoms with Crippen LogP contribution in [0.15, 0.2) is 146 Å². The Hall–Kier alpha value is -4.32. The van der Waals surface area contributed by atoms with Gasteiger partial charge in [-0.05, 0) is 71.9 Å². The first kappa shape index (κ1) is 34.5. The summed E-state index contributed by atoms with van der Waals surface area (Å²) < 4.78 is -0.281. The van der Waals surface area contributed by atoms with Gasteiger partial charge in [-0.15, -0.1) is 11.8 Å². The fourth-order valence-corrected chi connectivity index (χ4v) is 8.70. The van der Waals surface area contributed by atoms with Gasteiger partial charge in [0.05, 0.1) is 4.75 Å². The fraction of sp³-hybridized carbons (Fsp3) is 0.295. The van der Waals surface area contributed by atoms with Gasteiger partial charge in [-0.2, -0.15) is 0 Å². The first-order valence-electron chi connectivity index (χ1n) is 17.9. The molecule has 1 N–H and O–H groups in total. The molecule has 1 aliphatic rings. The molecule has 6 rings (SSSR count). The Morgan fingerprint density at radius 1 is 0.735 bits per heavy atom. The molecule has 0 aromatic heterocycles. The van der Waals surface area contributed by atoms with Crippen molar-refractivity contribution in [2.45, 2.75) is 49.8 Å². The minimum atomic E-state index is -0.281. The Morgan fingerprint density at radius 2 is 1.24 bits per heavy atom. The van der Waals surface area contributed by atoms with Gasteiger partial charge in [-0.1, -0.05) is 134 Å². The van der Waals surface area contributed by atoms with Gasteiger partial charge in [0.1, 0.15) is 0 Å². The summed E-state index contributed by atoms with van der Waals surface area (Å²) in [5.74, 6) is 1.23. The van der Waals surface area contributed by atoms with Crippen LogP contribution >= 0.6 is 11.8 Å². The molecule has 1 saturated heterocycles. The number of rotatable bonds is 15. The van der Waals surface area contributed by atoms with Crippen LogP contribution in [0.5, 0.6) is 0 Å². The van der Waals surface area contributed by atoms with Gasteiger partial charge in [0, 0.05) is 50.0 Å². The lowest BCUT2D eigenvalue weighted by atomic mass is 9.84. The lowest BCUT2D eigenvalue weighted by Gasteiger charge is -2.38. The largest absolute Gasteiger partial charge is 0.385 e. The minimum Gasteiger partial charge on any atom is -0.385 e. The monoisotopic (exact) mass is 667 g/mol. The maximum absolute atomic E-state index is 12.9. The van der Waals surface area contributed by atoms with Crippen LogP contribution in [0.25, 0.3) is 0 Å². The lowest BCUT2D eigenvalue weighted by molar-refractivity contribution is -0.119. The number of nitrogens with zero attached hydrogens (tertiary/aromatic N) is 2. The van der Waals surface area contributed by atoms with Crippen LogP contribution in [0, 0.1) is 0 Å². The zero-order valence-electron chi connectivity index (χ0n) is 28.7. The summed E-state index contributed by atoms with van der Waals surface area (Å²) in [5, 5.41) is 3.79. The lowest BCUT2D eigenvalue weighted by Crippen LogP contribution is -2.47. The number of benzene rings is 5. The quantitative estimate of drug-likeness (QED) is 0.0891. The van der Waals surface area contributed by atoms with E-state index in [2.05, 4.69) is 143 Å². The first-order valence-corrected chi connectivity index (χ1v) is 18.9. The zero-order chi connectivity index (χ0) is 33.7. The van der Waals surface area contributed by atoms with E-state index in [1.54, 1.807) is 0 Å². The highest BCUT2D eigenvalue weighted by Gasteiger charge is 2.36. The highest BCUT2D eigenvalue weighted by Crippen LogP contribution is 2.48. The Labute approximate surface area is 297 Å². The third kappa shape index (κ3) is 8.46. The van der Waals surface area contributed by atoms with Crippen molar-refractivity contribution in [1.82, 2.24) is 4.90 Å². The maximum atomic E-state index is 12.9. The third-order valence-corrected chi connectivity index (χ3v) is 11.4. The standard InChI is InChI=1S/C44H49N3OS/c1-2-43(48)47(40-25-13-6-14-26-40)41-29-33-46(34-30-41)32-28-36-18-15-16-27-42(36)45-31-17-35-49-44(37-19-7-3-8-20-37,38-21-9-4-10-22-38)39-23-11-5-12-24-39/h3-16,18-27,41,45H,2,17,28-35H2,1H3. The number of para-hydroxylation sites is 2. The smallest absolute Gasteiger partial charge is 0.226 e. The molecule has 5 aromatic rings. The molecule has 5 aromatic carbocycles. The van der Waals surface area contributed by atoms with Crippen molar-refractivity contribution in [3.8, 4) is 0 Å². The Balaban J connectivity index is 1.05. The van der Waals surface area contributed by atoms with E-state index in [1.807, 2.05) is 36.9 Å². The van der Waals surface area contributed by atoms with Crippen LogP contribution in [0.2, 0.25) is 0 Å². The molecule has 0 unspecified atom stereocenters. The van der Waals surface area contributed by atoms with Crippen molar-refractivity contribution < 1.29 is 4.79 Å².